The van der Waals surface area contributed by atoms with Gasteiger partial charge in [-0.3, -0.25) is 0 Å². The SMILES string of the molecule is O=S(=O)(F)C(F)(C(F)(F)F)C(Cl)(OC(Cl)(C(F)(F)F)C(F)(C(F)(F)F)S(=O)(=O)F)C(F)(F)F. The van der Waals surface area contributed by atoms with Gasteiger partial charge < -0.3 is 4.74 Å². The largest absolute Gasteiger partial charge is 0.444 e. The average Bonchev–Trinajstić information content (AvgIpc) is 2.45. The summed E-state index contributed by atoms with van der Waals surface area (Å²) in [6, 6.07) is 0. The van der Waals surface area contributed by atoms with Crippen molar-refractivity contribution in [3.05, 3.63) is 0 Å². The molecule has 0 saturated heterocycles. The minimum Gasteiger partial charge on any atom is -0.312 e. The first-order valence-corrected chi connectivity index (χ1v) is 9.84. The Balaban J connectivity index is 8.02. The summed E-state index contributed by atoms with van der Waals surface area (Å²) in [5.74, 6) is 0. The maximum atomic E-state index is 14.1. The van der Waals surface area contributed by atoms with E-state index in [1.165, 1.54) is 0 Å². The lowest BCUT2D eigenvalue weighted by molar-refractivity contribution is -0.389. The molecular formula is C8Cl2F16O5S2. The first-order chi connectivity index (χ1) is 13.7. The van der Waals surface area contributed by atoms with Gasteiger partial charge in [0, 0.05) is 0 Å². The first kappa shape index (κ1) is 32.3. The van der Waals surface area contributed by atoms with Crippen molar-refractivity contribution < 1.29 is 90.8 Å². The maximum absolute atomic E-state index is 14.1. The summed E-state index contributed by atoms with van der Waals surface area (Å²) in [4.78, 5) is 0. The molecule has 5 nitrogen and oxygen atoms in total. The third kappa shape index (κ3) is 4.50. The lowest BCUT2D eigenvalue weighted by Crippen LogP contribution is -2.75. The van der Waals surface area contributed by atoms with Gasteiger partial charge in [0.25, 0.3) is 0 Å². The number of halogens is 18. The van der Waals surface area contributed by atoms with Gasteiger partial charge in [-0.2, -0.15) is 69.5 Å². The second kappa shape index (κ2) is 7.91. The molecule has 200 valence electrons. The van der Waals surface area contributed by atoms with Crippen molar-refractivity contribution in [1.82, 2.24) is 0 Å². The predicted octanol–water partition coefficient (Wildman–Crippen LogP) is 5.05. The van der Waals surface area contributed by atoms with Crippen LogP contribution < -0.4 is 0 Å². The topological polar surface area (TPSA) is 77.5 Å². The Kier molecular flexibility index (Phi) is 7.75. The molecule has 33 heavy (non-hydrogen) atoms. The van der Waals surface area contributed by atoms with Gasteiger partial charge in [-0.25, -0.2) is 8.78 Å². The van der Waals surface area contributed by atoms with E-state index in [2.05, 4.69) is 23.2 Å². The fourth-order valence-electron chi connectivity index (χ4n) is 1.76. The summed E-state index contributed by atoms with van der Waals surface area (Å²) < 4.78 is 253. The molecule has 0 aliphatic carbocycles. The van der Waals surface area contributed by atoms with E-state index in [-0.39, 0.29) is 0 Å². The van der Waals surface area contributed by atoms with E-state index in [1.54, 1.807) is 0 Å². The van der Waals surface area contributed by atoms with Crippen LogP contribution in [0.3, 0.4) is 0 Å². The van der Waals surface area contributed by atoms with E-state index in [0.717, 1.165) is 0 Å². The van der Waals surface area contributed by atoms with Gasteiger partial charge >= 0.3 is 65.3 Å². The van der Waals surface area contributed by atoms with Crippen LogP contribution in [0.25, 0.3) is 0 Å². The fraction of sp³-hybridized carbons (Fsp3) is 1.00. The fourth-order valence-corrected chi connectivity index (χ4v) is 4.29. The zero-order chi connectivity index (χ0) is 27.7. The summed E-state index contributed by atoms with van der Waals surface area (Å²) in [7, 11) is -17.5. The molecular weight excluding hydrogens is 615 g/mol. The Labute approximate surface area is 180 Å². The molecule has 0 rings (SSSR count). The maximum Gasteiger partial charge on any atom is 0.444 e. The van der Waals surface area contributed by atoms with Crippen molar-refractivity contribution in [2.75, 3.05) is 0 Å². The molecule has 0 spiro atoms. The van der Waals surface area contributed by atoms with E-state index in [1.807, 2.05) is 4.74 Å². The van der Waals surface area contributed by atoms with Crippen LogP contribution in [-0.2, 0) is 25.2 Å². The van der Waals surface area contributed by atoms with Gasteiger partial charge in [0.05, 0.1) is 0 Å². The van der Waals surface area contributed by atoms with Gasteiger partial charge in [0.2, 0.25) is 0 Å². The third-order valence-electron chi connectivity index (χ3n) is 3.24. The van der Waals surface area contributed by atoms with Gasteiger partial charge in [0.1, 0.15) is 0 Å². The van der Waals surface area contributed by atoms with Crippen LogP contribution in [0, 0.1) is 0 Å². The molecule has 0 N–H and O–H groups in total. The second-order valence-electron chi connectivity index (χ2n) is 5.35. The quantitative estimate of drug-likeness (QED) is 0.238. The number of alkyl halides is 16. The molecule has 0 aromatic rings. The van der Waals surface area contributed by atoms with Gasteiger partial charge in [-0.1, -0.05) is 23.2 Å². The van der Waals surface area contributed by atoms with E-state index in [4.69, 9.17) is 0 Å². The average molecular weight is 615 g/mol. The first-order valence-electron chi connectivity index (χ1n) is 6.32. The number of hydrogen-bond donors (Lipinski definition) is 0. The highest BCUT2D eigenvalue weighted by molar-refractivity contribution is 7.88. The highest BCUT2D eigenvalue weighted by atomic mass is 35.5. The Bertz CT molecular complexity index is 891. The van der Waals surface area contributed by atoms with Crippen LogP contribution in [0.4, 0.5) is 69.2 Å². The summed E-state index contributed by atoms with van der Waals surface area (Å²) in [6.07, 6.45) is -32.0. The molecule has 0 aromatic heterocycles. The Morgan fingerprint density at radius 1 is 0.455 bits per heavy atom. The lowest BCUT2D eigenvalue weighted by atomic mass is 10.1. The number of hydrogen-bond acceptors (Lipinski definition) is 5. The van der Waals surface area contributed by atoms with Crippen molar-refractivity contribution in [1.29, 1.82) is 0 Å². The molecule has 0 aliphatic rings. The van der Waals surface area contributed by atoms with E-state index in [0.29, 0.717) is 0 Å². The Morgan fingerprint density at radius 2 is 0.636 bits per heavy atom. The zero-order valence-corrected chi connectivity index (χ0v) is 16.8. The molecule has 0 amide bonds. The highest BCUT2D eigenvalue weighted by Crippen LogP contribution is 2.64. The zero-order valence-electron chi connectivity index (χ0n) is 13.7. The van der Waals surface area contributed by atoms with Crippen molar-refractivity contribution in [3.8, 4) is 0 Å². The smallest absolute Gasteiger partial charge is 0.312 e. The van der Waals surface area contributed by atoms with E-state index in [9.17, 15) is 86.1 Å². The lowest BCUT2D eigenvalue weighted by Gasteiger charge is -2.46. The standard InChI is InChI=1S/C8Cl2F16O5S2/c9-1(5(13,14)15,3(11,7(19,20)21)32(25,27)28)31-2(10,6(16,17)18)4(12,8(22,23)24)33(26,29)30. The van der Waals surface area contributed by atoms with Crippen LogP contribution in [0.5, 0.6) is 0 Å². The number of rotatable bonds is 6. The van der Waals surface area contributed by atoms with Crippen molar-refractivity contribution in [3.63, 3.8) is 0 Å². The molecule has 0 aromatic carbocycles. The van der Waals surface area contributed by atoms with Crippen LogP contribution in [-0.4, -0.2) is 61.7 Å². The minimum absolute atomic E-state index is 1.84. The van der Waals surface area contributed by atoms with Crippen molar-refractivity contribution in [2.45, 2.75) is 44.8 Å². The normalized spacial score (nSPS) is 22.6. The Hall–Kier alpha value is -0.680. The van der Waals surface area contributed by atoms with Gasteiger partial charge in [0.15, 0.2) is 0 Å². The monoisotopic (exact) mass is 614 g/mol. The summed E-state index contributed by atoms with van der Waals surface area (Å²) >= 11 is 7.58. The molecule has 0 bridgehead atoms. The molecule has 0 saturated carbocycles. The molecule has 25 heteroatoms. The van der Waals surface area contributed by atoms with Crippen LogP contribution in [0.1, 0.15) is 0 Å². The van der Waals surface area contributed by atoms with Crippen LogP contribution in [0.2, 0.25) is 0 Å². The van der Waals surface area contributed by atoms with E-state index < -0.39 is 65.3 Å². The van der Waals surface area contributed by atoms with Crippen molar-refractivity contribution in [2.24, 2.45) is 0 Å². The summed E-state index contributed by atoms with van der Waals surface area (Å²) in [5, 5.41) is -31.6. The molecule has 4 unspecified atom stereocenters. The van der Waals surface area contributed by atoms with Gasteiger partial charge in [-0.05, 0) is 0 Å². The molecule has 0 heterocycles. The predicted molar refractivity (Wildman–Crippen MR) is 70.2 cm³/mol. The van der Waals surface area contributed by atoms with Crippen LogP contribution >= 0.6 is 23.2 Å². The van der Waals surface area contributed by atoms with E-state index >= 15 is 0 Å². The Morgan fingerprint density at radius 3 is 0.727 bits per heavy atom. The molecule has 0 aliphatic heterocycles. The summed E-state index contributed by atoms with van der Waals surface area (Å²) in [5.41, 5.74) is 0. The van der Waals surface area contributed by atoms with Crippen LogP contribution in [0.15, 0.2) is 0 Å². The highest BCUT2D eigenvalue weighted by Gasteiger charge is 2.93. The summed E-state index contributed by atoms with van der Waals surface area (Å²) in [6.45, 7) is 0. The van der Waals surface area contributed by atoms with Gasteiger partial charge in [-0.15, -0.1) is 7.77 Å². The minimum atomic E-state index is -8.74. The second-order valence-corrected chi connectivity index (χ2v) is 9.29. The van der Waals surface area contributed by atoms with Crippen molar-refractivity contribution >= 4 is 43.6 Å². The molecule has 0 radical (unpaired) electrons. The third-order valence-corrected chi connectivity index (χ3v) is 6.95. The number of ether oxygens (including phenoxy) is 1. The molecule has 0 fully saturated rings. The molecule has 4 atom stereocenters.